The van der Waals surface area contributed by atoms with E-state index in [1.54, 1.807) is 19.2 Å². The van der Waals surface area contributed by atoms with Crippen LogP contribution in [0.2, 0.25) is 0 Å². The Labute approximate surface area is 170 Å². The zero-order chi connectivity index (χ0) is 20.3. The summed E-state index contributed by atoms with van der Waals surface area (Å²) in [6, 6.07) is 20.9. The van der Waals surface area contributed by atoms with E-state index < -0.39 is 0 Å². The van der Waals surface area contributed by atoms with Gasteiger partial charge >= 0.3 is 0 Å². The average Bonchev–Trinajstić information content (AvgIpc) is 2.77. The third-order valence-corrected chi connectivity index (χ3v) is 4.08. The van der Waals surface area contributed by atoms with Crippen LogP contribution < -0.4 is 15.4 Å². The molecule has 0 aliphatic rings. The fraction of sp³-hybridized carbons (Fsp3) is 0.227. The van der Waals surface area contributed by atoms with E-state index in [0.717, 1.165) is 23.4 Å². The van der Waals surface area contributed by atoms with Crippen molar-refractivity contribution in [1.29, 1.82) is 0 Å². The van der Waals surface area contributed by atoms with Gasteiger partial charge in [0.25, 0.3) is 5.91 Å². The number of methoxy groups -OCH3 is 1. The average molecular weight is 392 g/mol. The summed E-state index contributed by atoms with van der Waals surface area (Å²) in [6.07, 6.45) is 0.750. The van der Waals surface area contributed by atoms with Gasteiger partial charge in [0.15, 0.2) is 11.5 Å². The molecule has 1 heterocycles. The van der Waals surface area contributed by atoms with Crippen LogP contribution in [-0.4, -0.2) is 36.4 Å². The summed E-state index contributed by atoms with van der Waals surface area (Å²) in [5, 5.41) is 14.0. The van der Waals surface area contributed by atoms with Crippen LogP contribution in [0.5, 0.6) is 5.75 Å². The summed E-state index contributed by atoms with van der Waals surface area (Å²) in [5.74, 6) is 1.09. The second kappa shape index (κ2) is 10.8. The van der Waals surface area contributed by atoms with Crippen LogP contribution in [0.1, 0.15) is 22.5 Å². The first kappa shape index (κ1) is 20.3. The molecule has 29 heavy (non-hydrogen) atoms. The quantitative estimate of drug-likeness (QED) is 0.513. The molecule has 150 valence electrons. The summed E-state index contributed by atoms with van der Waals surface area (Å²) >= 11 is 0. The SMILES string of the molecule is COCCCNC(=O)c1ccc(Nc2ccc(OCc3ccccc3)cc2)nn1. The number of benzene rings is 2. The van der Waals surface area contributed by atoms with E-state index in [2.05, 4.69) is 20.8 Å². The normalized spacial score (nSPS) is 10.4. The van der Waals surface area contributed by atoms with E-state index in [9.17, 15) is 4.79 Å². The fourth-order valence-electron chi connectivity index (χ4n) is 2.55. The summed E-state index contributed by atoms with van der Waals surface area (Å²) in [7, 11) is 1.63. The Morgan fingerprint density at radius 1 is 0.966 bits per heavy atom. The van der Waals surface area contributed by atoms with Crippen LogP contribution in [-0.2, 0) is 11.3 Å². The molecule has 0 unspecified atom stereocenters. The molecule has 1 aromatic heterocycles. The molecule has 0 saturated heterocycles. The third-order valence-electron chi connectivity index (χ3n) is 4.08. The molecule has 2 aromatic carbocycles. The standard InChI is InChI=1S/C22H24N4O3/c1-28-15-5-14-23-22(27)20-12-13-21(26-25-20)24-18-8-10-19(11-9-18)29-16-17-6-3-2-4-7-17/h2-4,6-13H,5,14-16H2,1H3,(H,23,27)(H,24,26). The molecule has 0 spiro atoms. The van der Waals surface area contributed by atoms with E-state index in [-0.39, 0.29) is 11.6 Å². The smallest absolute Gasteiger partial charge is 0.271 e. The largest absolute Gasteiger partial charge is 0.489 e. The number of rotatable bonds is 10. The van der Waals surface area contributed by atoms with Gasteiger partial charge in [-0.3, -0.25) is 4.79 Å². The molecule has 3 rings (SSSR count). The molecule has 0 radical (unpaired) electrons. The predicted octanol–water partition coefficient (Wildman–Crippen LogP) is 3.57. The molecule has 3 aromatic rings. The molecule has 1 amide bonds. The van der Waals surface area contributed by atoms with E-state index in [1.165, 1.54) is 0 Å². The molecule has 0 fully saturated rings. The van der Waals surface area contributed by atoms with E-state index in [4.69, 9.17) is 9.47 Å². The lowest BCUT2D eigenvalue weighted by atomic mass is 10.2. The molecule has 0 saturated carbocycles. The van der Waals surface area contributed by atoms with Crippen LogP contribution in [0.15, 0.2) is 66.7 Å². The molecular formula is C22H24N4O3. The third kappa shape index (κ3) is 6.58. The van der Waals surface area contributed by atoms with Crippen molar-refractivity contribution in [2.75, 3.05) is 25.6 Å². The second-order valence-electron chi connectivity index (χ2n) is 6.33. The minimum Gasteiger partial charge on any atom is -0.489 e. The lowest BCUT2D eigenvalue weighted by molar-refractivity contribution is 0.0942. The number of ether oxygens (including phenoxy) is 2. The highest BCUT2D eigenvalue weighted by Crippen LogP contribution is 2.19. The summed E-state index contributed by atoms with van der Waals surface area (Å²) in [5.41, 5.74) is 2.24. The molecule has 0 aliphatic carbocycles. The van der Waals surface area contributed by atoms with Gasteiger partial charge in [-0.2, -0.15) is 0 Å². The maximum absolute atomic E-state index is 12.0. The van der Waals surface area contributed by atoms with Gasteiger partial charge in [0.05, 0.1) is 0 Å². The lowest BCUT2D eigenvalue weighted by Gasteiger charge is -2.09. The fourth-order valence-corrected chi connectivity index (χ4v) is 2.55. The first-order valence-corrected chi connectivity index (χ1v) is 9.39. The van der Waals surface area contributed by atoms with E-state index in [0.29, 0.717) is 25.6 Å². The molecule has 7 nitrogen and oxygen atoms in total. The molecule has 0 aliphatic heterocycles. The van der Waals surface area contributed by atoms with Crippen molar-refractivity contribution >= 4 is 17.4 Å². The van der Waals surface area contributed by atoms with Gasteiger partial charge in [-0.25, -0.2) is 0 Å². The van der Waals surface area contributed by atoms with Gasteiger partial charge in [-0.15, -0.1) is 10.2 Å². The highest BCUT2D eigenvalue weighted by molar-refractivity contribution is 5.92. The zero-order valence-corrected chi connectivity index (χ0v) is 16.3. The van der Waals surface area contributed by atoms with Crippen molar-refractivity contribution in [2.24, 2.45) is 0 Å². The number of hydrogen-bond donors (Lipinski definition) is 2. The van der Waals surface area contributed by atoms with Crippen molar-refractivity contribution in [2.45, 2.75) is 13.0 Å². The second-order valence-corrected chi connectivity index (χ2v) is 6.33. The number of carbonyl (C=O) groups is 1. The van der Waals surface area contributed by atoms with Crippen LogP contribution in [0, 0.1) is 0 Å². The Morgan fingerprint density at radius 3 is 2.45 bits per heavy atom. The van der Waals surface area contributed by atoms with Crippen molar-refractivity contribution in [1.82, 2.24) is 15.5 Å². The van der Waals surface area contributed by atoms with Gasteiger partial charge in [0, 0.05) is 25.9 Å². The predicted molar refractivity (Wildman–Crippen MR) is 111 cm³/mol. The van der Waals surface area contributed by atoms with Crippen molar-refractivity contribution in [3.63, 3.8) is 0 Å². The van der Waals surface area contributed by atoms with E-state index in [1.807, 2.05) is 54.6 Å². The Morgan fingerprint density at radius 2 is 1.76 bits per heavy atom. The molecule has 0 bridgehead atoms. The van der Waals surface area contributed by atoms with Crippen molar-refractivity contribution < 1.29 is 14.3 Å². The zero-order valence-electron chi connectivity index (χ0n) is 16.3. The number of amides is 1. The van der Waals surface area contributed by atoms with Crippen molar-refractivity contribution in [3.8, 4) is 5.75 Å². The maximum atomic E-state index is 12.0. The number of anilines is 2. The van der Waals surface area contributed by atoms with Gasteiger partial charge in [-0.05, 0) is 48.4 Å². The molecule has 0 atom stereocenters. The monoisotopic (exact) mass is 392 g/mol. The number of nitrogens with zero attached hydrogens (tertiary/aromatic N) is 2. The number of nitrogens with one attached hydrogen (secondary N) is 2. The van der Waals surface area contributed by atoms with Gasteiger partial charge < -0.3 is 20.1 Å². The number of hydrogen-bond acceptors (Lipinski definition) is 6. The first-order valence-electron chi connectivity index (χ1n) is 9.39. The maximum Gasteiger partial charge on any atom is 0.271 e. The Bertz CT molecular complexity index is 884. The minimum absolute atomic E-state index is 0.250. The number of aromatic nitrogens is 2. The van der Waals surface area contributed by atoms with Gasteiger partial charge in [0.1, 0.15) is 12.4 Å². The van der Waals surface area contributed by atoms with Crippen LogP contribution in [0.25, 0.3) is 0 Å². The molecular weight excluding hydrogens is 368 g/mol. The number of carbonyl (C=O) groups excluding carboxylic acids is 1. The van der Waals surface area contributed by atoms with Crippen LogP contribution in [0.4, 0.5) is 11.5 Å². The summed E-state index contributed by atoms with van der Waals surface area (Å²) < 4.78 is 10.7. The molecule has 2 N–H and O–H groups in total. The Kier molecular flexibility index (Phi) is 7.54. The topological polar surface area (TPSA) is 85.4 Å². The Balaban J connectivity index is 1.49. The van der Waals surface area contributed by atoms with Crippen molar-refractivity contribution in [3.05, 3.63) is 78.0 Å². The van der Waals surface area contributed by atoms with Gasteiger partial charge in [0.2, 0.25) is 0 Å². The first-order chi connectivity index (χ1) is 14.2. The highest BCUT2D eigenvalue weighted by Gasteiger charge is 2.07. The van der Waals surface area contributed by atoms with Crippen LogP contribution in [0.3, 0.4) is 0 Å². The summed E-state index contributed by atoms with van der Waals surface area (Å²) in [4.78, 5) is 12.0. The van der Waals surface area contributed by atoms with Gasteiger partial charge in [-0.1, -0.05) is 30.3 Å². The minimum atomic E-state index is -0.250. The molecule has 7 heteroatoms. The lowest BCUT2D eigenvalue weighted by Crippen LogP contribution is -2.26. The highest BCUT2D eigenvalue weighted by atomic mass is 16.5. The summed E-state index contributed by atoms with van der Waals surface area (Å²) in [6.45, 7) is 1.66. The Hall–Kier alpha value is -3.45. The van der Waals surface area contributed by atoms with E-state index >= 15 is 0 Å². The van der Waals surface area contributed by atoms with Crippen LogP contribution >= 0.6 is 0 Å².